The number of carbonyl (C=O) groups excluding carboxylic acids is 1. The molecule has 3 rings (SSSR count). The minimum atomic E-state index is -3.02. The fourth-order valence-corrected chi connectivity index (χ4v) is 4.96. The normalized spacial score (nSPS) is 23.6. The lowest BCUT2D eigenvalue weighted by Gasteiger charge is -2.34. The van der Waals surface area contributed by atoms with E-state index in [1.165, 1.54) is 0 Å². The number of hydrogen-bond acceptors (Lipinski definition) is 7. The number of piperazine rings is 1. The van der Waals surface area contributed by atoms with E-state index in [0.29, 0.717) is 17.9 Å². The lowest BCUT2D eigenvalue weighted by atomic mass is 10.2. The lowest BCUT2D eigenvalue weighted by Crippen LogP contribution is -2.46. The smallest absolute Gasteiger partial charge is 0.270 e. The molecule has 0 radical (unpaired) electrons. The Bertz CT molecular complexity index is 744. The number of anilines is 1. The third kappa shape index (κ3) is 4.46. The van der Waals surface area contributed by atoms with Crippen molar-refractivity contribution in [2.75, 3.05) is 49.1 Å². The molecule has 25 heavy (non-hydrogen) atoms. The van der Waals surface area contributed by atoms with Crippen molar-refractivity contribution < 1.29 is 13.2 Å². The minimum Gasteiger partial charge on any atom is -0.354 e. The van der Waals surface area contributed by atoms with Crippen molar-refractivity contribution in [2.45, 2.75) is 26.3 Å². The number of rotatable bonds is 4. The standard InChI is InChI=1S/C16H25N5O3S/c1-3-20-5-7-21(8-6-20)15-10-14(17-12(2)18-15)16(22)19-13-4-9-25(23,24)11-13/h10,13H,3-9,11H2,1-2H3,(H,19,22). The van der Waals surface area contributed by atoms with Gasteiger partial charge in [-0.15, -0.1) is 0 Å². The zero-order valence-electron chi connectivity index (χ0n) is 14.7. The average molecular weight is 367 g/mol. The minimum absolute atomic E-state index is 0.00857. The van der Waals surface area contributed by atoms with Gasteiger partial charge in [0.1, 0.15) is 17.3 Å². The summed E-state index contributed by atoms with van der Waals surface area (Å²) in [6.45, 7) is 8.63. The second kappa shape index (κ2) is 7.25. The van der Waals surface area contributed by atoms with Gasteiger partial charge in [-0.1, -0.05) is 6.92 Å². The summed E-state index contributed by atoms with van der Waals surface area (Å²) in [6.07, 6.45) is 0.462. The molecule has 0 bridgehead atoms. The molecule has 1 atom stereocenters. The molecule has 0 aliphatic carbocycles. The number of amides is 1. The van der Waals surface area contributed by atoms with Crippen LogP contribution in [-0.2, 0) is 9.84 Å². The first-order valence-electron chi connectivity index (χ1n) is 8.70. The number of carbonyl (C=O) groups is 1. The molecule has 2 aliphatic heterocycles. The number of aryl methyl sites for hydroxylation is 1. The van der Waals surface area contributed by atoms with Crippen LogP contribution in [0.4, 0.5) is 5.82 Å². The summed E-state index contributed by atoms with van der Waals surface area (Å²) in [5.74, 6) is 1.11. The Morgan fingerprint density at radius 2 is 2.00 bits per heavy atom. The third-order valence-corrected chi connectivity index (χ3v) is 6.54. The summed E-state index contributed by atoms with van der Waals surface area (Å²) in [5, 5.41) is 2.79. The highest BCUT2D eigenvalue weighted by Gasteiger charge is 2.29. The van der Waals surface area contributed by atoms with Crippen molar-refractivity contribution in [3.63, 3.8) is 0 Å². The highest BCUT2D eigenvalue weighted by molar-refractivity contribution is 7.91. The van der Waals surface area contributed by atoms with E-state index < -0.39 is 9.84 Å². The number of hydrogen-bond donors (Lipinski definition) is 1. The van der Waals surface area contributed by atoms with Crippen molar-refractivity contribution in [1.29, 1.82) is 0 Å². The van der Waals surface area contributed by atoms with E-state index in [0.717, 1.165) is 38.5 Å². The summed E-state index contributed by atoms with van der Waals surface area (Å²) in [6, 6.07) is 1.37. The average Bonchev–Trinajstić information content (AvgIpc) is 2.93. The summed E-state index contributed by atoms with van der Waals surface area (Å²) >= 11 is 0. The van der Waals surface area contributed by atoms with Gasteiger partial charge >= 0.3 is 0 Å². The predicted molar refractivity (Wildman–Crippen MR) is 95.6 cm³/mol. The predicted octanol–water partition coefficient (Wildman–Crippen LogP) is -0.156. The van der Waals surface area contributed by atoms with Crippen LogP contribution in [0.15, 0.2) is 6.07 Å². The first kappa shape index (κ1) is 18.1. The van der Waals surface area contributed by atoms with Crippen LogP contribution in [0.5, 0.6) is 0 Å². The van der Waals surface area contributed by atoms with Gasteiger partial charge in [-0.3, -0.25) is 4.79 Å². The zero-order valence-corrected chi connectivity index (χ0v) is 15.5. The van der Waals surface area contributed by atoms with Crippen LogP contribution in [0.25, 0.3) is 0 Å². The van der Waals surface area contributed by atoms with Gasteiger partial charge in [0.05, 0.1) is 11.5 Å². The first-order chi connectivity index (χ1) is 11.9. The largest absolute Gasteiger partial charge is 0.354 e. The van der Waals surface area contributed by atoms with Gasteiger partial charge in [0.25, 0.3) is 5.91 Å². The van der Waals surface area contributed by atoms with E-state index in [1.54, 1.807) is 13.0 Å². The van der Waals surface area contributed by atoms with Crippen LogP contribution < -0.4 is 10.2 Å². The number of nitrogens with zero attached hydrogens (tertiary/aromatic N) is 4. The maximum absolute atomic E-state index is 12.5. The van der Waals surface area contributed by atoms with Gasteiger partial charge in [-0.2, -0.15) is 0 Å². The third-order valence-electron chi connectivity index (χ3n) is 4.77. The summed E-state index contributed by atoms with van der Waals surface area (Å²) in [5.41, 5.74) is 0.296. The fraction of sp³-hybridized carbons (Fsp3) is 0.688. The van der Waals surface area contributed by atoms with Crippen molar-refractivity contribution >= 4 is 21.6 Å². The Labute approximate surface area is 148 Å². The van der Waals surface area contributed by atoms with Crippen LogP contribution in [-0.4, -0.2) is 79.5 Å². The molecule has 3 heterocycles. The quantitative estimate of drug-likeness (QED) is 0.790. The van der Waals surface area contributed by atoms with Crippen molar-refractivity contribution in [3.8, 4) is 0 Å². The van der Waals surface area contributed by atoms with E-state index in [4.69, 9.17) is 0 Å². The lowest BCUT2D eigenvalue weighted by molar-refractivity contribution is 0.0935. The molecule has 1 N–H and O–H groups in total. The molecule has 2 aliphatic rings. The van der Waals surface area contributed by atoms with E-state index >= 15 is 0 Å². The number of likely N-dealkylation sites (N-methyl/N-ethyl adjacent to an activating group) is 1. The van der Waals surface area contributed by atoms with Gasteiger partial charge in [0.2, 0.25) is 0 Å². The van der Waals surface area contributed by atoms with Crippen LogP contribution >= 0.6 is 0 Å². The van der Waals surface area contributed by atoms with Crippen molar-refractivity contribution in [3.05, 3.63) is 17.6 Å². The molecule has 0 aromatic carbocycles. The maximum Gasteiger partial charge on any atom is 0.270 e. The summed E-state index contributed by atoms with van der Waals surface area (Å²) in [4.78, 5) is 25.7. The molecule has 0 saturated carbocycles. The summed E-state index contributed by atoms with van der Waals surface area (Å²) in [7, 11) is -3.02. The number of sulfone groups is 1. The molecule has 0 spiro atoms. The van der Waals surface area contributed by atoms with Gasteiger partial charge in [-0.25, -0.2) is 18.4 Å². The molecule has 138 valence electrons. The number of aromatic nitrogens is 2. The van der Waals surface area contributed by atoms with Gasteiger partial charge in [0.15, 0.2) is 9.84 Å². The highest BCUT2D eigenvalue weighted by atomic mass is 32.2. The van der Waals surface area contributed by atoms with Crippen molar-refractivity contribution in [1.82, 2.24) is 20.2 Å². The second-order valence-electron chi connectivity index (χ2n) is 6.65. The SMILES string of the molecule is CCN1CCN(c2cc(C(=O)NC3CCS(=O)(=O)C3)nc(C)n2)CC1. The molecular formula is C16H25N5O3S. The second-order valence-corrected chi connectivity index (χ2v) is 8.88. The highest BCUT2D eigenvalue weighted by Crippen LogP contribution is 2.16. The Kier molecular flexibility index (Phi) is 5.24. The van der Waals surface area contributed by atoms with E-state index in [1.807, 2.05) is 0 Å². The van der Waals surface area contributed by atoms with E-state index in [-0.39, 0.29) is 23.5 Å². The molecule has 1 unspecified atom stereocenters. The van der Waals surface area contributed by atoms with Crippen LogP contribution in [0.1, 0.15) is 29.7 Å². The van der Waals surface area contributed by atoms with Gasteiger partial charge in [0, 0.05) is 38.3 Å². The maximum atomic E-state index is 12.5. The molecule has 2 saturated heterocycles. The molecule has 1 aromatic rings. The molecule has 2 fully saturated rings. The fourth-order valence-electron chi connectivity index (χ4n) is 3.29. The Balaban J connectivity index is 1.70. The van der Waals surface area contributed by atoms with Crippen LogP contribution in [0, 0.1) is 6.92 Å². The van der Waals surface area contributed by atoms with E-state index in [2.05, 4.69) is 32.0 Å². The van der Waals surface area contributed by atoms with Gasteiger partial charge in [-0.05, 0) is 19.9 Å². The Hall–Kier alpha value is -1.74. The molecule has 8 nitrogen and oxygen atoms in total. The molecular weight excluding hydrogens is 342 g/mol. The monoisotopic (exact) mass is 367 g/mol. The number of nitrogens with one attached hydrogen (secondary N) is 1. The topological polar surface area (TPSA) is 95.5 Å². The molecule has 1 amide bonds. The first-order valence-corrected chi connectivity index (χ1v) is 10.5. The summed E-state index contributed by atoms with van der Waals surface area (Å²) < 4.78 is 23.1. The van der Waals surface area contributed by atoms with Crippen LogP contribution in [0.2, 0.25) is 0 Å². The zero-order chi connectivity index (χ0) is 18.0. The van der Waals surface area contributed by atoms with Crippen LogP contribution in [0.3, 0.4) is 0 Å². The van der Waals surface area contributed by atoms with Crippen molar-refractivity contribution in [2.24, 2.45) is 0 Å². The van der Waals surface area contributed by atoms with E-state index in [9.17, 15) is 13.2 Å². The molecule has 9 heteroatoms. The Morgan fingerprint density at radius 3 is 2.60 bits per heavy atom. The Morgan fingerprint density at radius 1 is 1.28 bits per heavy atom. The van der Waals surface area contributed by atoms with Gasteiger partial charge < -0.3 is 15.1 Å². The molecule has 1 aromatic heterocycles.